The van der Waals surface area contributed by atoms with Gasteiger partial charge in [-0.1, -0.05) is 22.0 Å². The number of morpholine rings is 1. The highest BCUT2D eigenvalue weighted by atomic mass is 79.9. The van der Waals surface area contributed by atoms with Gasteiger partial charge in [0.1, 0.15) is 0 Å². The molecule has 1 amide bonds. The van der Waals surface area contributed by atoms with E-state index in [-0.39, 0.29) is 5.91 Å². The van der Waals surface area contributed by atoms with Crippen molar-refractivity contribution >= 4 is 21.8 Å². The number of nitrogens with one attached hydrogen (secondary N) is 2. The third kappa shape index (κ3) is 4.08. The molecule has 1 aromatic rings. The summed E-state index contributed by atoms with van der Waals surface area (Å²) >= 11 is 3.35. The summed E-state index contributed by atoms with van der Waals surface area (Å²) in [6.07, 6.45) is 0.889. The smallest absolute Gasteiger partial charge is 0.251 e. The van der Waals surface area contributed by atoms with E-state index in [1.165, 1.54) is 0 Å². The first-order valence-corrected chi connectivity index (χ1v) is 6.90. The summed E-state index contributed by atoms with van der Waals surface area (Å²) in [7, 11) is 0. The zero-order valence-electron chi connectivity index (χ0n) is 10.1. The van der Waals surface area contributed by atoms with Crippen LogP contribution in [0.4, 0.5) is 0 Å². The number of ether oxygens (including phenoxy) is 1. The molecule has 4 nitrogen and oxygen atoms in total. The largest absolute Gasteiger partial charge is 0.379 e. The number of rotatable bonds is 4. The average Bonchev–Trinajstić information content (AvgIpc) is 2.40. The average molecular weight is 313 g/mol. The fourth-order valence-corrected chi connectivity index (χ4v) is 2.30. The minimum Gasteiger partial charge on any atom is -0.379 e. The van der Waals surface area contributed by atoms with Crippen LogP contribution in [-0.4, -0.2) is 38.3 Å². The first-order valence-electron chi connectivity index (χ1n) is 6.10. The monoisotopic (exact) mass is 312 g/mol. The van der Waals surface area contributed by atoms with Gasteiger partial charge < -0.3 is 15.4 Å². The van der Waals surface area contributed by atoms with Crippen molar-refractivity contribution in [1.29, 1.82) is 0 Å². The molecule has 98 valence electrons. The summed E-state index contributed by atoms with van der Waals surface area (Å²) in [6, 6.07) is 7.73. The lowest BCUT2D eigenvalue weighted by Gasteiger charge is -2.23. The van der Waals surface area contributed by atoms with E-state index in [9.17, 15) is 4.79 Å². The van der Waals surface area contributed by atoms with Gasteiger partial charge in [0, 0.05) is 29.2 Å². The second-order valence-corrected chi connectivity index (χ2v) is 5.20. The SMILES string of the molecule is O=C(NCCC1COCCN1)c1cccc(Br)c1. The minimum atomic E-state index is -0.0342. The zero-order valence-corrected chi connectivity index (χ0v) is 11.7. The van der Waals surface area contributed by atoms with Crippen LogP contribution in [0.3, 0.4) is 0 Å². The van der Waals surface area contributed by atoms with Gasteiger partial charge in [0.25, 0.3) is 5.91 Å². The molecule has 1 aliphatic heterocycles. The van der Waals surface area contributed by atoms with Crippen LogP contribution in [0.1, 0.15) is 16.8 Å². The molecule has 2 N–H and O–H groups in total. The van der Waals surface area contributed by atoms with E-state index in [1.807, 2.05) is 24.3 Å². The van der Waals surface area contributed by atoms with Crippen molar-refractivity contribution in [2.24, 2.45) is 0 Å². The van der Waals surface area contributed by atoms with E-state index in [4.69, 9.17) is 4.74 Å². The van der Waals surface area contributed by atoms with Crippen LogP contribution in [0.25, 0.3) is 0 Å². The van der Waals surface area contributed by atoms with Gasteiger partial charge in [-0.25, -0.2) is 0 Å². The first-order chi connectivity index (χ1) is 8.75. The maximum absolute atomic E-state index is 11.9. The standard InChI is InChI=1S/C13H17BrN2O2/c14-11-3-1-2-10(8-11)13(17)16-5-4-12-9-18-7-6-15-12/h1-3,8,12,15H,4-7,9H2,(H,16,17). The van der Waals surface area contributed by atoms with Gasteiger partial charge in [0.05, 0.1) is 13.2 Å². The summed E-state index contributed by atoms with van der Waals surface area (Å²) in [6.45, 7) is 3.06. The van der Waals surface area contributed by atoms with Gasteiger partial charge in [0.15, 0.2) is 0 Å². The summed E-state index contributed by atoms with van der Waals surface area (Å²) in [5, 5.41) is 6.28. The topological polar surface area (TPSA) is 50.4 Å². The van der Waals surface area contributed by atoms with Crippen LogP contribution in [0, 0.1) is 0 Å². The van der Waals surface area contributed by atoms with Gasteiger partial charge in [-0.2, -0.15) is 0 Å². The van der Waals surface area contributed by atoms with Gasteiger partial charge in [0.2, 0.25) is 0 Å². The normalized spacial score (nSPS) is 19.5. The zero-order chi connectivity index (χ0) is 12.8. The van der Waals surface area contributed by atoms with E-state index in [0.29, 0.717) is 18.2 Å². The Labute approximate surface area is 115 Å². The molecule has 18 heavy (non-hydrogen) atoms. The second kappa shape index (κ2) is 6.87. The van der Waals surface area contributed by atoms with Crippen LogP contribution in [0.2, 0.25) is 0 Å². The van der Waals surface area contributed by atoms with Crippen LogP contribution >= 0.6 is 15.9 Å². The maximum Gasteiger partial charge on any atom is 0.251 e. The summed E-state index contributed by atoms with van der Waals surface area (Å²) < 4.78 is 6.27. The van der Waals surface area contributed by atoms with E-state index in [1.54, 1.807) is 0 Å². The number of hydrogen-bond acceptors (Lipinski definition) is 3. The minimum absolute atomic E-state index is 0.0342. The van der Waals surface area contributed by atoms with Gasteiger partial charge in [-0.15, -0.1) is 0 Å². The maximum atomic E-state index is 11.9. The highest BCUT2D eigenvalue weighted by Crippen LogP contribution is 2.11. The Morgan fingerprint density at radius 2 is 2.44 bits per heavy atom. The van der Waals surface area contributed by atoms with Crippen LogP contribution in [-0.2, 0) is 4.74 Å². The molecule has 1 unspecified atom stereocenters. The van der Waals surface area contributed by atoms with Gasteiger partial charge in [-0.05, 0) is 24.6 Å². The number of carbonyl (C=O) groups is 1. The summed E-state index contributed by atoms with van der Waals surface area (Å²) in [4.78, 5) is 11.9. The molecule has 1 fully saturated rings. The molecule has 0 radical (unpaired) electrons. The van der Waals surface area contributed by atoms with E-state index in [2.05, 4.69) is 26.6 Å². The molecular formula is C13H17BrN2O2. The number of benzene rings is 1. The van der Waals surface area contributed by atoms with Gasteiger partial charge >= 0.3 is 0 Å². The molecule has 0 aromatic heterocycles. The Morgan fingerprint density at radius 3 is 3.17 bits per heavy atom. The molecule has 0 saturated carbocycles. The first kappa shape index (κ1) is 13.5. The van der Waals surface area contributed by atoms with Crippen molar-refractivity contribution < 1.29 is 9.53 Å². The van der Waals surface area contributed by atoms with E-state index in [0.717, 1.165) is 30.7 Å². The Bertz CT molecular complexity index is 406. The Hall–Kier alpha value is -0.910. The Morgan fingerprint density at radius 1 is 1.56 bits per heavy atom. The lowest BCUT2D eigenvalue weighted by molar-refractivity contribution is 0.0733. The van der Waals surface area contributed by atoms with Crippen LogP contribution < -0.4 is 10.6 Å². The molecule has 1 heterocycles. The highest BCUT2D eigenvalue weighted by molar-refractivity contribution is 9.10. The molecule has 0 aliphatic carbocycles. The number of halogens is 1. The van der Waals surface area contributed by atoms with Crippen molar-refractivity contribution in [1.82, 2.24) is 10.6 Å². The van der Waals surface area contributed by atoms with E-state index >= 15 is 0 Å². The van der Waals surface area contributed by atoms with Crippen molar-refractivity contribution in [3.05, 3.63) is 34.3 Å². The van der Waals surface area contributed by atoms with Crippen LogP contribution in [0.15, 0.2) is 28.7 Å². The third-order valence-electron chi connectivity index (χ3n) is 2.86. The predicted molar refractivity (Wildman–Crippen MR) is 73.7 cm³/mol. The number of carbonyl (C=O) groups excluding carboxylic acids is 1. The molecule has 0 spiro atoms. The fraction of sp³-hybridized carbons (Fsp3) is 0.462. The molecular weight excluding hydrogens is 296 g/mol. The molecule has 1 saturated heterocycles. The molecule has 2 rings (SSSR count). The molecule has 1 atom stereocenters. The molecule has 1 aromatic carbocycles. The van der Waals surface area contributed by atoms with Crippen molar-refractivity contribution in [2.75, 3.05) is 26.3 Å². The van der Waals surface area contributed by atoms with Gasteiger partial charge in [-0.3, -0.25) is 4.79 Å². The second-order valence-electron chi connectivity index (χ2n) is 4.28. The lowest BCUT2D eigenvalue weighted by Crippen LogP contribution is -2.43. The molecule has 5 heteroatoms. The Balaban J connectivity index is 1.74. The summed E-state index contributed by atoms with van der Waals surface area (Å²) in [5.74, 6) is -0.0342. The van der Waals surface area contributed by atoms with E-state index < -0.39 is 0 Å². The van der Waals surface area contributed by atoms with Crippen LogP contribution in [0.5, 0.6) is 0 Å². The number of hydrogen-bond donors (Lipinski definition) is 2. The van der Waals surface area contributed by atoms with Crippen molar-refractivity contribution in [3.8, 4) is 0 Å². The quantitative estimate of drug-likeness (QED) is 0.887. The highest BCUT2D eigenvalue weighted by Gasteiger charge is 2.13. The van der Waals surface area contributed by atoms with Crippen molar-refractivity contribution in [3.63, 3.8) is 0 Å². The fourth-order valence-electron chi connectivity index (χ4n) is 1.90. The molecule has 1 aliphatic rings. The van der Waals surface area contributed by atoms with Crippen molar-refractivity contribution in [2.45, 2.75) is 12.5 Å². The molecule has 0 bridgehead atoms. The number of amides is 1. The lowest BCUT2D eigenvalue weighted by atomic mass is 10.2. The summed E-state index contributed by atoms with van der Waals surface area (Å²) in [5.41, 5.74) is 0.678. The Kier molecular flexibility index (Phi) is 5.16. The predicted octanol–water partition coefficient (Wildman–Crippen LogP) is 1.56. The third-order valence-corrected chi connectivity index (χ3v) is 3.36.